The van der Waals surface area contributed by atoms with E-state index in [-0.39, 0.29) is 0 Å². The molecule has 6 heteroatoms. The van der Waals surface area contributed by atoms with Crippen LogP contribution in [0.25, 0.3) is 0 Å². The van der Waals surface area contributed by atoms with Crippen LogP contribution in [0.4, 0.5) is 5.82 Å². The Balaban J connectivity index is 2.10. The molecule has 1 aromatic rings. The van der Waals surface area contributed by atoms with E-state index in [9.17, 15) is 0 Å². The van der Waals surface area contributed by atoms with Crippen LogP contribution >= 0.6 is 11.6 Å². The zero-order valence-corrected chi connectivity index (χ0v) is 13.9. The van der Waals surface area contributed by atoms with Gasteiger partial charge in [-0.05, 0) is 31.7 Å². The minimum absolute atomic E-state index is 0.369. The van der Waals surface area contributed by atoms with Gasteiger partial charge in [-0.25, -0.2) is 4.98 Å². The number of hydrogen-bond donors (Lipinski definition) is 1. The normalized spacial score (nSPS) is 19.1. The van der Waals surface area contributed by atoms with E-state index in [1.807, 2.05) is 0 Å². The van der Waals surface area contributed by atoms with Crippen molar-refractivity contribution in [3.05, 3.63) is 11.2 Å². The molecule has 0 bridgehead atoms. The van der Waals surface area contributed by atoms with Gasteiger partial charge in [0.05, 0.1) is 13.3 Å². The van der Waals surface area contributed by atoms with Crippen LogP contribution in [0, 0.1) is 5.92 Å². The van der Waals surface area contributed by atoms with Crippen molar-refractivity contribution in [1.29, 1.82) is 0 Å². The number of ether oxygens (including phenoxy) is 1. The number of anilines is 1. The van der Waals surface area contributed by atoms with Crippen molar-refractivity contribution < 1.29 is 4.74 Å². The topological polar surface area (TPSA) is 50.3 Å². The number of nitrogens with one attached hydrogen (secondary N) is 1. The molecule has 0 radical (unpaired) electrons. The highest BCUT2D eigenvalue weighted by atomic mass is 35.5. The lowest BCUT2D eigenvalue weighted by Crippen LogP contribution is -2.46. The van der Waals surface area contributed by atoms with E-state index < -0.39 is 0 Å². The van der Waals surface area contributed by atoms with Crippen molar-refractivity contribution in [2.45, 2.75) is 39.2 Å². The van der Waals surface area contributed by atoms with Gasteiger partial charge in [-0.15, -0.1) is 0 Å². The maximum absolute atomic E-state index is 6.29. The van der Waals surface area contributed by atoms with Crippen LogP contribution in [-0.4, -0.2) is 42.8 Å². The largest absolute Gasteiger partial charge is 0.467 e. The lowest BCUT2D eigenvalue weighted by molar-refractivity contribution is 0.376. The molecule has 0 amide bonds. The van der Waals surface area contributed by atoms with Gasteiger partial charge in [0.2, 0.25) is 0 Å². The highest BCUT2D eigenvalue weighted by Crippen LogP contribution is 2.29. The van der Waals surface area contributed by atoms with Crippen molar-refractivity contribution in [3.8, 4) is 6.01 Å². The molecule has 0 aliphatic carbocycles. The van der Waals surface area contributed by atoms with Crippen molar-refractivity contribution in [2.75, 3.05) is 31.6 Å². The SMILES string of the molecule is COc1ncc(Cl)c(N2CCCCC2CNCC(C)C)n1. The predicted molar refractivity (Wildman–Crippen MR) is 86.3 cm³/mol. The molecule has 1 aromatic heterocycles. The Morgan fingerprint density at radius 1 is 1.48 bits per heavy atom. The van der Waals surface area contributed by atoms with Gasteiger partial charge in [0, 0.05) is 19.1 Å². The molecule has 1 N–H and O–H groups in total. The Morgan fingerprint density at radius 2 is 2.29 bits per heavy atom. The zero-order chi connectivity index (χ0) is 15.2. The first kappa shape index (κ1) is 16.3. The van der Waals surface area contributed by atoms with Crippen LogP contribution < -0.4 is 15.0 Å². The van der Waals surface area contributed by atoms with Gasteiger partial charge in [-0.3, -0.25) is 0 Å². The van der Waals surface area contributed by atoms with E-state index in [1.165, 1.54) is 12.8 Å². The number of piperidine rings is 1. The standard InChI is InChI=1S/C15H25ClN4O/c1-11(2)8-17-9-12-6-4-5-7-20(12)14-13(16)10-18-15(19-14)21-3/h10-12,17H,4-9H2,1-3H3. The number of halogens is 1. The highest BCUT2D eigenvalue weighted by molar-refractivity contribution is 6.32. The molecule has 1 saturated heterocycles. The van der Waals surface area contributed by atoms with Gasteiger partial charge in [0.25, 0.3) is 0 Å². The van der Waals surface area contributed by atoms with Crippen molar-refractivity contribution in [1.82, 2.24) is 15.3 Å². The number of hydrogen-bond acceptors (Lipinski definition) is 5. The summed E-state index contributed by atoms with van der Waals surface area (Å²) in [4.78, 5) is 10.8. The van der Waals surface area contributed by atoms with E-state index in [4.69, 9.17) is 16.3 Å². The fraction of sp³-hybridized carbons (Fsp3) is 0.733. The summed E-state index contributed by atoms with van der Waals surface area (Å²) in [6.45, 7) is 7.41. The molecule has 0 aromatic carbocycles. The summed E-state index contributed by atoms with van der Waals surface area (Å²) in [5, 5.41) is 4.13. The van der Waals surface area contributed by atoms with Gasteiger partial charge >= 0.3 is 6.01 Å². The fourth-order valence-electron chi connectivity index (χ4n) is 2.67. The van der Waals surface area contributed by atoms with Crippen LogP contribution in [0.15, 0.2) is 6.20 Å². The van der Waals surface area contributed by atoms with E-state index >= 15 is 0 Å². The predicted octanol–water partition coefficient (Wildman–Crippen LogP) is 2.74. The molecule has 1 fully saturated rings. The maximum Gasteiger partial charge on any atom is 0.318 e. The van der Waals surface area contributed by atoms with Gasteiger partial charge in [-0.1, -0.05) is 25.4 Å². The molecule has 2 heterocycles. The first-order valence-electron chi connectivity index (χ1n) is 7.65. The average Bonchev–Trinajstić information content (AvgIpc) is 2.48. The molecular formula is C15H25ClN4O. The molecule has 2 rings (SSSR count). The second-order valence-electron chi connectivity index (χ2n) is 5.92. The third-order valence-electron chi connectivity index (χ3n) is 3.72. The van der Waals surface area contributed by atoms with Crippen LogP contribution in [0.2, 0.25) is 5.02 Å². The van der Waals surface area contributed by atoms with Gasteiger partial charge in [0.1, 0.15) is 5.02 Å². The number of nitrogens with zero attached hydrogens (tertiary/aromatic N) is 3. The van der Waals surface area contributed by atoms with Crippen LogP contribution in [0.1, 0.15) is 33.1 Å². The maximum atomic E-state index is 6.29. The first-order chi connectivity index (χ1) is 10.1. The molecular weight excluding hydrogens is 288 g/mol. The second kappa shape index (κ2) is 7.80. The minimum atomic E-state index is 0.369. The monoisotopic (exact) mass is 312 g/mol. The van der Waals surface area contributed by atoms with Gasteiger partial charge in [0.15, 0.2) is 5.82 Å². The van der Waals surface area contributed by atoms with Gasteiger partial charge in [-0.2, -0.15) is 4.98 Å². The van der Waals surface area contributed by atoms with Crippen LogP contribution in [0.3, 0.4) is 0 Å². The minimum Gasteiger partial charge on any atom is -0.467 e. The van der Waals surface area contributed by atoms with E-state index in [2.05, 4.69) is 34.0 Å². The van der Waals surface area contributed by atoms with E-state index in [0.717, 1.165) is 31.9 Å². The highest BCUT2D eigenvalue weighted by Gasteiger charge is 2.25. The molecule has 1 unspecified atom stereocenters. The Labute approximate surface area is 132 Å². The summed E-state index contributed by atoms with van der Waals surface area (Å²) in [5.41, 5.74) is 0. The molecule has 1 aliphatic heterocycles. The average molecular weight is 313 g/mol. The Kier molecular flexibility index (Phi) is 6.06. The first-order valence-corrected chi connectivity index (χ1v) is 8.03. The Morgan fingerprint density at radius 3 is 3.00 bits per heavy atom. The summed E-state index contributed by atoms with van der Waals surface area (Å²) < 4.78 is 5.13. The summed E-state index contributed by atoms with van der Waals surface area (Å²) in [7, 11) is 1.57. The molecule has 5 nitrogen and oxygen atoms in total. The van der Waals surface area contributed by atoms with Crippen molar-refractivity contribution >= 4 is 17.4 Å². The second-order valence-corrected chi connectivity index (χ2v) is 6.33. The Hall–Kier alpha value is -1.07. The zero-order valence-electron chi connectivity index (χ0n) is 13.1. The number of methoxy groups -OCH3 is 1. The Bertz CT molecular complexity index is 455. The summed E-state index contributed by atoms with van der Waals surface area (Å²) in [5.74, 6) is 1.45. The fourth-order valence-corrected chi connectivity index (χ4v) is 2.87. The number of aromatic nitrogens is 2. The molecule has 1 atom stereocenters. The third kappa shape index (κ3) is 4.45. The smallest absolute Gasteiger partial charge is 0.318 e. The number of rotatable bonds is 6. The summed E-state index contributed by atoms with van der Waals surface area (Å²) in [6.07, 6.45) is 5.21. The van der Waals surface area contributed by atoms with Crippen molar-refractivity contribution in [3.63, 3.8) is 0 Å². The van der Waals surface area contributed by atoms with E-state index in [1.54, 1.807) is 13.3 Å². The molecule has 0 spiro atoms. The molecule has 118 valence electrons. The lowest BCUT2D eigenvalue weighted by Gasteiger charge is -2.37. The quantitative estimate of drug-likeness (QED) is 0.875. The van der Waals surface area contributed by atoms with Crippen molar-refractivity contribution in [2.24, 2.45) is 5.92 Å². The third-order valence-corrected chi connectivity index (χ3v) is 3.98. The molecule has 21 heavy (non-hydrogen) atoms. The van der Waals surface area contributed by atoms with Crippen LogP contribution in [0.5, 0.6) is 6.01 Å². The molecule has 0 saturated carbocycles. The van der Waals surface area contributed by atoms with E-state index in [0.29, 0.717) is 23.0 Å². The van der Waals surface area contributed by atoms with Crippen LogP contribution in [-0.2, 0) is 0 Å². The molecule has 1 aliphatic rings. The lowest BCUT2D eigenvalue weighted by atomic mass is 10.0. The summed E-state index contributed by atoms with van der Waals surface area (Å²) >= 11 is 6.29. The van der Waals surface area contributed by atoms with Gasteiger partial charge < -0.3 is 15.0 Å². The summed E-state index contributed by atoms with van der Waals surface area (Å²) in [6, 6.07) is 0.795.